The molecule has 1 saturated heterocycles. The quantitative estimate of drug-likeness (QED) is 0.600. The first kappa shape index (κ1) is 21.3. The Hall–Kier alpha value is -1.95. The standard InChI is InChI=1S/C19H21N3O5S3/c23-19-16-6-2-3-7-17(16)30(26,27)22(19)12-13-28-18-9-8-15(14-20-18)29(24,25)21-10-4-1-5-11-21/h2-3,6-9,14H,1,4-5,10-13H2. The average Bonchev–Trinajstić information content (AvgIpc) is 2.95. The van der Waals surface area contributed by atoms with Crippen LogP contribution in [0.15, 0.2) is 57.4 Å². The van der Waals surface area contributed by atoms with Crippen LogP contribution in [0.25, 0.3) is 0 Å². The van der Waals surface area contributed by atoms with Crippen LogP contribution in [0.2, 0.25) is 0 Å². The summed E-state index contributed by atoms with van der Waals surface area (Å²) in [7, 11) is -7.36. The minimum atomic E-state index is -3.82. The molecule has 3 heterocycles. The molecule has 0 saturated carbocycles. The van der Waals surface area contributed by atoms with Crippen molar-refractivity contribution in [2.24, 2.45) is 0 Å². The van der Waals surface area contributed by atoms with Crippen LogP contribution >= 0.6 is 11.8 Å². The Labute approximate surface area is 180 Å². The highest BCUT2D eigenvalue weighted by Crippen LogP contribution is 2.30. The van der Waals surface area contributed by atoms with Crippen LogP contribution in [-0.2, 0) is 20.0 Å². The number of nitrogens with zero attached hydrogens (tertiary/aromatic N) is 3. The normalized spacial score (nSPS) is 19.1. The Morgan fingerprint density at radius 2 is 1.77 bits per heavy atom. The number of carbonyl (C=O) groups excluding carboxylic acids is 1. The number of pyridine rings is 1. The molecular formula is C19H21N3O5S3. The Morgan fingerprint density at radius 1 is 1.03 bits per heavy atom. The van der Waals surface area contributed by atoms with Crippen molar-refractivity contribution >= 4 is 37.7 Å². The summed E-state index contributed by atoms with van der Waals surface area (Å²) in [6, 6.07) is 9.28. The van der Waals surface area contributed by atoms with Gasteiger partial charge in [-0.3, -0.25) is 4.79 Å². The largest absolute Gasteiger partial charge is 0.269 e. The van der Waals surface area contributed by atoms with Crippen LogP contribution in [0.1, 0.15) is 29.6 Å². The highest BCUT2D eigenvalue weighted by molar-refractivity contribution is 7.99. The van der Waals surface area contributed by atoms with Gasteiger partial charge in [-0.05, 0) is 37.1 Å². The van der Waals surface area contributed by atoms with Crippen molar-refractivity contribution in [3.05, 3.63) is 48.2 Å². The lowest BCUT2D eigenvalue weighted by Crippen LogP contribution is -2.35. The van der Waals surface area contributed by atoms with E-state index in [0.717, 1.165) is 23.6 Å². The minimum absolute atomic E-state index is 0.00994. The Balaban J connectivity index is 1.39. The van der Waals surface area contributed by atoms with Crippen LogP contribution in [0.5, 0.6) is 0 Å². The van der Waals surface area contributed by atoms with Crippen molar-refractivity contribution in [1.82, 2.24) is 13.6 Å². The van der Waals surface area contributed by atoms with E-state index in [-0.39, 0.29) is 21.9 Å². The number of hydrogen-bond acceptors (Lipinski definition) is 7. The van der Waals surface area contributed by atoms with Gasteiger partial charge in [0, 0.05) is 31.6 Å². The molecule has 2 aromatic rings. The van der Waals surface area contributed by atoms with Crippen molar-refractivity contribution in [2.75, 3.05) is 25.4 Å². The van der Waals surface area contributed by atoms with Gasteiger partial charge in [0.15, 0.2) is 0 Å². The third-order valence-electron chi connectivity index (χ3n) is 5.12. The first-order valence-corrected chi connectivity index (χ1v) is 13.4. The average molecular weight is 468 g/mol. The summed E-state index contributed by atoms with van der Waals surface area (Å²) < 4.78 is 52.8. The van der Waals surface area contributed by atoms with E-state index in [1.165, 1.54) is 40.5 Å². The topological polar surface area (TPSA) is 105 Å². The number of fused-ring (bicyclic) bond motifs is 1. The summed E-state index contributed by atoms with van der Waals surface area (Å²) in [4.78, 5) is 16.8. The van der Waals surface area contributed by atoms with Gasteiger partial charge in [0.1, 0.15) is 9.79 Å². The van der Waals surface area contributed by atoms with Crippen LogP contribution in [0, 0.1) is 0 Å². The van der Waals surface area contributed by atoms with Crippen LogP contribution in [0.3, 0.4) is 0 Å². The molecule has 1 fully saturated rings. The molecule has 11 heteroatoms. The van der Waals surface area contributed by atoms with Crippen LogP contribution < -0.4 is 0 Å². The predicted molar refractivity (Wildman–Crippen MR) is 112 cm³/mol. The van der Waals surface area contributed by atoms with E-state index in [9.17, 15) is 21.6 Å². The molecule has 160 valence electrons. The van der Waals surface area contributed by atoms with Crippen molar-refractivity contribution < 1.29 is 21.6 Å². The SMILES string of the molecule is O=C1c2ccccc2S(=O)(=O)N1CCSc1ccc(S(=O)(=O)N2CCCCC2)cn1. The molecule has 0 unspecified atom stereocenters. The lowest BCUT2D eigenvalue weighted by atomic mass is 10.2. The summed E-state index contributed by atoms with van der Waals surface area (Å²) >= 11 is 1.27. The number of thioether (sulfide) groups is 1. The number of sulfonamides is 2. The Bertz CT molecular complexity index is 1160. The van der Waals surface area contributed by atoms with Crippen molar-refractivity contribution in [3.63, 3.8) is 0 Å². The van der Waals surface area contributed by atoms with Crippen LogP contribution in [-0.4, -0.2) is 61.7 Å². The van der Waals surface area contributed by atoms with Gasteiger partial charge in [-0.25, -0.2) is 26.1 Å². The molecular weight excluding hydrogens is 446 g/mol. The zero-order valence-electron chi connectivity index (χ0n) is 16.1. The Kier molecular flexibility index (Phi) is 5.88. The third kappa shape index (κ3) is 3.86. The molecule has 1 aromatic heterocycles. The summed E-state index contributed by atoms with van der Waals surface area (Å²) in [5.41, 5.74) is 0.188. The first-order valence-electron chi connectivity index (χ1n) is 9.57. The monoisotopic (exact) mass is 467 g/mol. The van der Waals surface area contributed by atoms with E-state index in [1.54, 1.807) is 18.2 Å². The fraction of sp³-hybridized carbons (Fsp3) is 0.368. The second-order valence-electron chi connectivity index (χ2n) is 7.02. The van der Waals surface area contributed by atoms with Gasteiger partial charge in [0.25, 0.3) is 15.9 Å². The van der Waals surface area contributed by atoms with E-state index in [2.05, 4.69) is 4.98 Å². The molecule has 2 aliphatic heterocycles. The van der Waals surface area contributed by atoms with Gasteiger partial charge < -0.3 is 0 Å². The van der Waals surface area contributed by atoms with E-state index in [0.29, 0.717) is 23.9 Å². The Morgan fingerprint density at radius 3 is 2.43 bits per heavy atom. The third-order valence-corrected chi connectivity index (χ3v) is 9.77. The number of benzene rings is 1. The van der Waals surface area contributed by atoms with Gasteiger partial charge in [-0.1, -0.05) is 18.6 Å². The van der Waals surface area contributed by atoms with E-state index in [1.807, 2.05) is 0 Å². The summed E-state index contributed by atoms with van der Waals surface area (Å²) in [6.07, 6.45) is 4.10. The molecule has 8 nitrogen and oxygen atoms in total. The van der Waals surface area contributed by atoms with Gasteiger partial charge in [-0.15, -0.1) is 11.8 Å². The van der Waals surface area contributed by atoms with Gasteiger partial charge in [0.05, 0.1) is 10.6 Å². The van der Waals surface area contributed by atoms with Crippen LogP contribution in [0.4, 0.5) is 0 Å². The van der Waals surface area contributed by atoms with E-state index < -0.39 is 26.0 Å². The molecule has 1 aromatic carbocycles. The van der Waals surface area contributed by atoms with E-state index in [4.69, 9.17) is 0 Å². The molecule has 0 aliphatic carbocycles. The summed E-state index contributed by atoms with van der Waals surface area (Å²) in [5, 5.41) is 0.564. The maximum Gasteiger partial charge on any atom is 0.269 e. The summed E-state index contributed by atoms with van der Waals surface area (Å²) in [6.45, 7) is 1.06. The lowest BCUT2D eigenvalue weighted by molar-refractivity contribution is 0.0876. The molecule has 2 aliphatic rings. The van der Waals surface area contributed by atoms with Crippen molar-refractivity contribution in [1.29, 1.82) is 0 Å². The second kappa shape index (κ2) is 8.29. The number of carbonyl (C=O) groups is 1. The fourth-order valence-corrected chi connectivity index (χ4v) is 7.47. The maximum absolute atomic E-state index is 12.7. The maximum atomic E-state index is 12.7. The van der Waals surface area contributed by atoms with Gasteiger partial charge >= 0.3 is 0 Å². The molecule has 0 bridgehead atoms. The molecule has 30 heavy (non-hydrogen) atoms. The molecule has 0 atom stereocenters. The number of aromatic nitrogens is 1. The number of rotatable bonds is 6. The second-order valence-corrected chi connectivity index (χ2v) is 11.9. The number of hydrogen-bond donors (Lipinski definition) is 0. The number of piperidine rings is 1. The first-order chi connectivity index (χ1) is 14.3. The predicted octanol–water partition coefficient (Wildman–Crippen LogP) is 2.19. The molecule has 0 spiro atoms. The summed E-state index contributed by atoms with van der Waals surface area (Å²) in [5.74, 6) is -0.216. The smallest absolute Gasteiger partial charge is 0.268 e. The fourth-order valence-electron chi connectivity index (χ4n) is 3.54. The highest BCUT2D eigenvalue weighted by atomic mass is 32.2. The van der Waals surface area contributed by atoms with Crippen molar-refractivity contribution in [3.8, 4) is 0 Å². The highest BCUT2D eigenvalue weighted by Gasteiger charge is 2.40. The van der Waals surface area contributed by atoms with Crippen molar-refractivity contribution in [2.45, 2.75) is 34.1 Å². The van der Waals surface area contributed by atoms with Gasteiger partial charge in [-0.2, -0.15) is 4.31 Å². The molecule has 0 radical (unpaired) electrons. The molecule has 1 amide bonds. The zero-order valence-corrected chi connectivity index (χ0v) is 18.5. The minimum Gasteiger partial charge on any atom is -0.268 e. The lowest BCUT2D eigenvalue weighted by Gasteiger charge is -2.25. The van der Waals surface area contributed by atoms with Gasteiger partial charge in [0.2, 0.25) is 10.0 Å². The number of amides is 1. The molecule has 4 rings (SSSR count). The van der Waals surface area contributed by atoms with E-state index >= 15 is 0 Å². The molecule has 0 N–H and O–H groups in total. The zero-order chi connectivity index (χ0) is 21.4.